The first kappa shape index (κ1) is 10.9. The molecule has 6 nitrogen and oxygen atoms in total. The van der Waals surface area contributed by atoms with Crippen molar-refractivity contribution in [2.45, 2.75) is 31.9 Å². The lowest BCUT2D eigenvalue weighted by molar-refractivity contribution is 0.0868. The summed E-state index contributed by atoms with van der Waals surface area (Å²) in [5.41, 5.74) is 0.650. The van der Waals surface area contributed by atoms with E-state index in [1.165, 1.54) is 0 Å². The fourth-order valence-electron chi connectivity index (χ4n) is 1.78. The fraction of sp³-hybridized carbons (Fsp3) is 0.600. The van der Waals surface area contributed by atoms with Gasteiger partial charge in [0, 0.05) is 12.8 Å². The molecule has 6 heteroatoms. The van der Waals surface area contributed by atoms with Gasteiger partial charge in [0.05, 0.1) is 24.0 Å². The summed E-state index contributed by atoms with van der Waals surface area (Å²) < 4.78 is 5.49. The van der Waals surface area contributed by atoms with Gasteiger partial charge in [0.15, 0.2) is 0 Å². The van der Waals surface area contributed by atoms with E-state index in [4.69, 9.17) is 4.74 Å². The number of hydrogen-bond acceptors (Lipinski definition) is 3. The number of urea groups is 1. The Morgan fingerprint density at radius 3 is 3.25 bits per heavy atom. The molecule has 1 aromatic rings. The van der Waals surface area contributed by atoms with E-state index in [9.17, 15) is 4.79 Å². The number of nitrogens with one attached hydrogen (secondary N) is 3. The van der Waals surface area contributed by atoms with Crippen molar-refractivity contribution in [1.82, 2.24) is 15.5 Å². The number of rotatable bonds is 3. The summed E-state index contributed by atoms with van der Waals surface area (Å²) in [5.74, 6) is 0. The Morgan fingerprint density at radius 2 is 2.62 bits per heavy atom. The molecule has 0 saturated carbocycles. The lowest BCUT2D eigenvalue weighted by atomic mass is 10.1. The molecule has 0 aromatic carbocycles. The van der Waals surface area contributed by atoms with Gasteiger partial charge >= 0.3 is 6.03 Å². The molecule has 2 heterocycles. The van der Waals surface area contributed by atoms with E-state index in [2.05, 4.69) is 20.8 Å². The highest BCUT2D eigenvalue weighted by molar-refractivity contribution is 5.89. The van der Waals surface area contributed by atoms with Gasteiger partial charge in [0.25, 0.3) is 0 Å². The maximum atomic E-state index is 11.6. The van der Waals surface area contributed by atoms with Crippen molar-refractivity contribution in [3.63, 3.8) is 0 Å². The first-order chi connectivity index (χ1) is 7.75. The molecular formula is C10H16N4O2. The van der Waals surface area contributed by atoms with Crippen molar-refractivity contribution in [3.05, 3.63) is 12.4 Å². The second-order valence-corrected chi connectivity index (χ2v) is 3.93. The molecule has 0 unspecified atom stereocenters. The van der Waals surface area contributed by atoms with E-state index in [1.807, 2.05) is 6.92 Å². The average Bonchev–Trinajstić information content (AvgIpc) is 2.88. The molecule has 88 valence electrons. The number of amides is 2. The van der Waals surface area contributed by atoms with E-state index in [0.29, 0.717) is 5.69 Å². The Balaban J connectivity index is 1.78. The van der Waals surface area contributed by atoms with E-state index < -0.39 is 0 Å². The van der Waals surface area contributed by atoms with Crippen LogP contribution in [0.3, 0.4) is 0 Å². The summed E-state index contributed by atoms with van der Waals surface area (Å²) >= 11 is 0. The summed E-state index contributed by atoms with van der Waals surface area (Å²) in [4.78, 5) is 11.6. The van der Waals surface area contributed by atoms with Gasteiger partial charge in [-0.3, -0.25) is 5.10 Å². The second-order valence-electron chi connectivity index (χ2n) is 3.93. The minimum absolute atomic E-state index is 0.0226. The molecule has 2 amide bonds. The number of aromatic nitrogens is 2. The molecule has 3 N–H and O–H groups in total. The monoisotopic (exact) mass is 224 g/mol. The lowest BCUT2D eigenvalue weighted by Crippen LogP contribution is -2.42. The lowest BCUT2D eigenvalue weighted by Gasteiger charge is -2.19. The Bertz CT molecular complexity index is 333. The molecule has 0 aliphatic carbocycles. The van der Waals surface area contributed by atoms with E-state index >= 15 is 0 Å². The van der Waals surface area contributed by atoms with Crippen LogP contribution in [-0.2, 0) is 4.74 Å². The maximum Gasteiger partial charge on any atom is 0.319 e. The highest BCUT2D eigenvalue weighted by Crippen LogP contribution is 2.15. The topological polar surface area (TPSA) is 79.0 Å². The number of nitrogens with zero attached hydrogens (tertiary/aromatic N) is 1. The van der Waals surface area contributed by atoms with Gasteiger partial charge in [-0.1, -0.05) is 0 Å². The second kappa shape index (κ2) is 4.98. The van der Waals surface area contributed by atoms with Crippen LogP contribution >= 0.6 is 0 Å². The molecular weight excluding hydrogens is 208 g/mol. The van der Waals surface area contributed by atoms with Crippen molar-refractivity contribution in [2.75, 3.05) is 11.9 Å². The van der Waals surface area contributed by atoms with Crippen LogP contribution in [0.25, 0.3) is 0 Å². The molecule has 0 radical (unpaired) electrons. The SMILES string of the molecule is C[C@H](NC(=O)Nc1cn[nH]c1)[C@@H]1CCCO1. The van der Waals surface area contributed by atoms with E-state index in [0.717, 1.165) is 19.4 Å². The van der Waals surface area contributed by atoms with Crippen LogP contribution in [0.2, 0.25) is 0 Å². The summed E-state index contributed by atoms with van der Waals surface area (Å²) in [6.07, 6.45) is 5.38. The van der Waals surface area contributed by atoms with Crippen LogP contribution in [0.5, 0.6) is 0 Å². The molecule has 0 spiro atoms. The van der Waals surface area contributed by atoms with Crippen molar-refractivity contribution < 1.29 is 9.53 Å². The van der Waals surface area contributed by atoms with Gasteiger partial charge in [0.1, 0.15) is 0 Å². The molecule has 1 fully saturated rings. The molecule has 0 bridgehead atoms. The molecule has 2 atom stereocenters. The normalized spacial score (nSPS) is 21.7. The summed E-state index contributed by atoms with van der Waals surface area (Å²) in [5, 5.41) is 11.9. The van der Waals surface area contributed by atoms with Gasteiger partial charge in [0.2, 0.25) is 0 Å². The number of carbonyl (C=O) groups is 1. The third kappa shape index (κ3) is 2.73. The largest absolute Gasteiger partial charge is 0.376 e. The number of carbonyl (C=O) groups excluding carboxylic acids is 1. The predicted molar refractivity (Wildman–Crippen MR) is 59.2 cm³/mol. The van der Waals surface area contributed by atoms with Crippen LogP contribution in [0.4, 0.5) is 10.5 Å². The molecule has 16 heavy (non-hydrogen) atoms. The summed E-state index contributed by atoms with van der Waals surface area (Å²) in [6.45, 7) is 2.74. The Hall–Kier alpha value is -1.56. The van der Waals surface area contributed by atoms with Gasteiger partial charge in [-0.05, 0) is 19.8 Å². The first-order valence-corrected chi connectivity index (χ1v) is 5.43. The standard InChI is InChI=1S/C10H16N4O2/c1-7(9-3-2-4-16-9)13-10(15)14-8-5-11-12-6-8/h5-7,9H,2-4H2,1H3,(H,11,12)(H2,13,14,15)/t7-,9-/m0/s1. The quantitative estimate of drug-likeness (QED) is 0.719. The molecule has 1 saturated heterocycles. The summed E-state index contributed by atoms with van der Waals surface area (Å²) in [7, 11) is 0. The van der Waals surface area contributed by atoms with Gasteiger partial charge < -0.3 is 15.4 Å². The highest BCUT2D eigenvalue weighted by atomic mass is 16.5. The first-order valence-electron chi connectivity index (χ1n) is 5.43. The van der Waals surface area contributed by atoms with Crippen LogP contribution < -0.4 is 10.6 Å². The van der Waals surface area contributed by atoms with Crippen LogP contribution in [-0.4, -0.2) is 35.0 Å². The van der Waals surface area contributed by atoms with Crippen LogP contribution in [0.15, 0.2) is 12.4 Å². The van der Waals surface area contributed by atoms with Gasteiger partial charge in [-0.2, -0.15) is 5.10 Å². The van der Waals surface area contributed by atoms with Gasteiger partial charge in [-0.15, -0.1) is 0 Å². The third-order valence-corrected chi connectivity index (χ3v) is 2.64. The number of aromatic amines is 1. The average molecular weight is 224 g/mol. The van der Waals surface area contributed by atoms with Crippen LogP contribution in [0, 0.1) is 0 Å². The predicted octanol–water partition coefficient (Wildman–Crippen LogP) is 1.10. The van der Waals surface area contributed by atoms with Crippen LogP contribution in [0.1, 0.15) is 19.8 Å². The molecule has 1 aromatic heterocycles. The smallest absolute Gasteiger partial charge is 0.319 e. The number of hydrogen-bond donors (Lipinski definition) is 3. The van der Waals surface area contributed by atoms with Crippen molar-refractivity contribution in [2.24, 2.45) is 0 Å². The van der Waals surface area contributed by atoms with E-state index in [-0.39, 0.29) is 18.2 Å². The third-order valence-electron chi connectivity index (χ3n) is 2.64. The zero-order chi connectivity index (χ0) is 11.4. The van der Waals surface area contributed by atoms with Crippen molar-refractivity contribution in [3.8, 4) is 0 Å². The van der Waals surface area contributed by atoms with Gasteiger partial charge in [-0.25, -0.2) is 4.79 Å². The fourth-order valence-corrected chi connectivity index (χ4v) is 1.78. The molecule has 1 aliphatic heterocycles. The number of H-pyrrole nitrogens is 1. The Kier molecular flexibility index (Phi) is 3.40. The zero-order valence-electron chi connectivity index (χ0n) is 9.19. The Morgan fingerprint density at radius 1 is 1.75 bits per heavy atom. The zero-order valence-corrected chi connectivity index (χ0v) is 9.19. The van der Waals surface area contributed by atoms with Crippen molar-refractivity contribution >= 4 is 11.7 Å². The molecule has 1 aliphatic rings. The van der Waals surface area contributed by atoms with E-state index in [1.54, 1.807) is 12.4 Å². The molecule has 2 rings (SSSR count). The Labute approximate surface area is 93.8 Å². The highest BCUT2D eigenvalue weighted by Gasteiger charge is 2.23. The van der Waals surface area contributed by atoms with Crippen molar-refractivity contribution in [1.29, 1.82) is 0 Å². The minimum atomic E-state index is -0.232. The minimum Gasteiger partial charge on any atom is -0.376 e. The number of anilines is 1. The number of ether oxygens (including phenoxy) is 1. The maximum absolute atomic E-state index is 11.6. The summed E-state index contributed by atoms with van der Waals surface area (Å²) in [6, 6.07) is -0.209.